The predicted molar refractivity (Wildman–Crippen MR) is 123 cm³/mol. The van der Waals surface area contributed by atoms with Crippen molar-refractivity contribution in [1.82, 2.24) is 0 Å². The Morgan fingerprint density at radius 2 is 1.39 bits per heavy atom. The van der Waals surface area contributed by atoms with Crippen molar-refractivity contribution in [2.45, 2.75) is 58.0 Å². The van der Waals surface area contributed by atoms with E-state index in [1.807, 2.05) is 24.3 Å². The van der Waals surface area contributed by atoms with Crippen molar-refractivity contribution in [3.05, 3.63) is 59.7 Å². The Balaban J connectivity index is 1.85. The van der Waals surface area contributed by atoms with Gasteiger partial charge in [0, 0.05) is 12.0 Å². The minimum absolute atomic E-state index is 0.158. The predicted octanol–water partition coefficient (Wildman–Crippen LogP) is 5.70. The van der Waals surface area contributed by atoms with Gasteiger partial charge in [-0.05, 0) is 54.7 Å². The molecule has 0 aromatic heterocycles. The summed E-state index contributed by atoms with van der Waals surface area (Å²) >= 11 is 0. The first-order chi connectivity index (χ1) is 15.0. The average molecular weight is 433 g/mol. The molecule has 0 aliphatic heterocycles. The van der Waals surface area contributed by atoms with Gasteiger partial charge in [0.25, 0.3) is 0 Å². The van der Waals surface area contributed by atoms with Crippen LogP contribution in [0.3, 0.4) is 0 Å². The second kappa shape index (κ2) is 13.3. The molecular weight excluding hydrogens is 395 g/mol. The van der Waals surface area contributed by atoms with E-state index in [0.717, 1.165) is 25.2 Å². The van der Waals surface area contributed by atoms with Gasteiger partial charge in [0.05, 0.1) is 19.9 Å². The molecule has 0 heterocycles. The lowest BCUT2D eigenvalue weighted by molar-refractivity contribution is 0.0108. The monoisotopic (exact) mass is 432 g/mol. The molecule has 1 atom stereocenters. The highest BCUT2D eigenvalue weighted by Crippen LogP contribution is 2.33. The fourth-order valence-corrected chi connectivity index (χ4v) is 3.20. The van der Waals surface area contributed by atoms with Crippen LogP contribution in [0.15, 0.2) is 48.5 Å². The second-order valence-electron chi connectivity index (χ2n) is 8.31. The van der Waals surface area contributed by atoms with E-state index in [9.17, 15) is 9.50 Å². The van der Waals surface area contributed by atoms with E-state index in [0.29, 0.717) is 25.2 Å². The number of hydrogen-bond donors (Lipinski definition) is 1. The summed E-state index contributed by atoms with van der Waals surface area (Å²) in [5, 5.41) is 9.96. The molecule has 0 fully saturated rings. The third kappa shape index (κ3) is 8.50. The Labute approximate surface area is 186 Å². The number of benzene rings is 2. The SMILES string of the molecule is CCCCOc1ccc(C(C)(C)c2ccc(OCC(O)COCCCCF)cc2)cc1. The van der Waals surface area contributed by atoms with Gasteiger partial charge >= 0.3 is 0 Å². The van der Waals surface area contributed by atoms with Gasteiger partial charge in [-0.2, -0.15) is 0 Å². The van der Waals surface area contributed by atoms with Crippen molar-refractivity contribution >= 4 is 0 Å². The summed E-state index contributed by atoms with van der Waals surface area (Å²) in [5.74, 6) is 1.61. The fraction of sp³-hybridized carbons (Fsp3) is 0.538. The van der Waals surface area contributed by atoms with Crippen molar-refractivity contribution in [2.75, 3.05) is 33.1 Å². The second-order valence-corrected chi connectivity index (χ2v) is 8.31. The molecule has 0 bridgehead atoms. The number of aliphatic hydroxyl groups excluding tert-OH is 1. The van der Waals surface area contributed by atoms with Crippen LogP contribution in [0.2, 0.25) is 0 Å². The van der Waals surface area contributed by atoms with Crippen molar-refractivity contribution in [2.24, 2.45) is 0 Å². The van der Waals surface area contributed by atoms with Gasteiger partial charge < -0.3 is 19.3 Å². The molecular formula is C26H37FO4. The minimum atomic E-state index is -0.709. The van der Waals surface area contributed by atoms with E-state index in [1.165, 1.54) is 11.1 Å². The minimum Gasteiger partial charge on any atom is -0.494 e. The maximum absolute atomic E-state index is 12.0. The number of halogens is 1. The van der Waals surface area contributed by atoms with Crippen LogP contribution in [0, 0.1) is 0 Å². The maximum atomic E-state index is 12.0. The van der Waals surface area contributed by atoms with E-state index in [2.05, 4.69) is 45.0 Å². The number of hydrogen-bond acceptors (Lipinski definition) is 4. The third-order valence-corrected chi connectivity index (χ3v) is 5.34. The van der Waals surface area contributed by atoms with E-state index in [4.69, 9.17) is 14.2 Å². The lowest BCUT2D eigenvalue weighted by Gasteiger charge is -2.26. The molecule has 0 amide bonds. The molecule has 5 heteroatoms. The normalized spacial score (nSPS) is 12.5. The standard InChI is InChI=1S/C26H37FO4/c1-4-5-18-30-24-12-8-21(9-13-24)26(2,3)22-10-14-25(15-11-22)31-20-23(28)19-29-17-7-6-16-27/h8-15,23,28H,4-7,16-20H2,1-3H3. The smallest absolute Gasteiger partial charge is 0.119 e. The van der Waals surface area contributed by atoms with E-state index in [-0.39, 0.29) is 25.3 Å². The molecule has 2 rings (SSSR count). The van der Waals surface area contributed by atoms with Gasteiger partial charge in [-0.3, -0.25) is 4.39 Å². The van der Waals surface area contributed by atoms with Crippen LogP contribution in [-0.2, 0) is 10.2 Å². The molecule has 2 aromatic carbocycles. The molecule has 0 saturated heterocycles. The maximum Gasteiger partial charge on any atom is 0.119 e. The number of alkyl halides is 1. The van der Waals surface area contributed by atoms with E-state index >= 15 is 0 Å². The molecule has 1 N–H and O–H groups in total. The van der Waals surface area contributed by atoms with Crippen LogP contribution in [0.4, 0.5) is 4.39 Å². The fourth-order valence-electron chi connectivity index (χ4n) is 3.20. The topological polar surface area (TPSA) is 47.9 Å². The Morgan fingerprint density at radius 1 is 0.806 bits per heavy atom. The highest BCUT2D eigenvalue weighted by molar-refractivity contribution is 5.41. The van der Waals surface area contributed by atoms with Gasteiger partial charge in [-0.15, -0.1) is 0 Å². The lowest BCUT2D eigenvalue weighted by atomic mass is 9.78. The van der Waals surface area contributed by atoms with Gasteiger partial charge in [-0.25, -0.2) is 0 Å². The zero-order valence-electron chi connectivity index (χ0n) is 19.1. The highest BCUT2D eigenvalue weighted by Gasteiger charge is 2.23. The Morgan fingerprint density at radius 3 is 1.94 bits per heavy atom. The molecule has 31 heavy (non-hydrogen) atoms. The first-order valence-corrected chi connectivity index (χ1v) is 11.3. The third-order valence-electron chi connectivity index (χ3n) is 5.34. The van der Waals surface area contributed by atoms with E-state index in [1.54, 1.807) is 0 Å². The molecule has 2 aromatic rings. The molecule has 0 radical (unpaired) electrons. The van der Waals surface area contributed by atoms with Gasteiger partial charge in [-0.1, -0.05) is 51.5 Å². The van der Waals surface area contributed by atoms with Crippen LogP contribution in [-0.4, -0.2) is 44.3 Å². The summed E-state index contributed by atoms with van der Waals surface area (Å²) in [4.78, 5) is 0. The Hall–Kier alpha value is -2.11. The van der Waals surface area contributed by atoms with Crippen molar-refractivity contribution in [1.29, 1.82) is 0 Å². The Bertz CT molecular complexity index is 728. The van der Waals surface area contributed by atoms with Crippen molar-refractivity contribution in [3.63, 3.8) is 0 Å². The largest absolute Gasteiger partial charge is 0.494 e. The number of unbranched alkanes of at least 4 members (excludes halogenated alkanes) is 2. The highest BCUT2D eigenvalue weighted by atomic mass is 19.1. The van der Waals surface area contributed by atoms with Gasteiger partial charge in [0.15, 0.2) is 0 Å². The van der Waals surface area contributed by atoms with Crippen LogP contribution in [0.1, 0.15) is 57.6 Å². The summed E-state index contributed by atoms with van der Waals surface area (Å²) < 4.78 is 28.8. The Kier molecular flexibility index (Phi) is 10.8. The van der Waals surface area contributed by atoms with Crippen LogP contribution >= 0.6 is 0 Å². The number of rotatable bonds is 15. The average Bonchev–Trinajstić information content (AvgIpc) is 2.78. The van der Waals surface area contributed by atoms with Crippen LogP contribution < -0.4 is 9.47 Å². The van der Waals surface area contributed by atoms with E-state index < -0.39 is 6.10 Å². The molecule has 0 spiro atoms. The molecule has 1 unspecified atom stereocenters. The summed E-state index contributed by atoms with van der Waals surface area (Å²) in [6, 6.07) is 16.3. The molecule has 0 aliphatic rings. The number of ether oxygens (including phenoxy) is 3. The first-order valence-electron chi connectivity index (χ1n) is 11.3. The molecule has 172 valence electrons. The van der Waals surface area contributed by atoms with Crippen LogP contribution in [0.25, 0.3) is 0 Å². The van der Waals surface area contributed by atoms with Gasteiger partial charge in [0.1, 0.15) is 24.2 Å². The van der Waals surface area contributed by atoms with Crippen molar-refractivity contribution < 1.29 is 23.7 Å². The molecule has 4 nitrogen and oxygen atoms in total. The van der Waals surface area contributed by atoms with Crippen molar-refractivity contribution in [3.8, 4) is 11.5 Å². The lowest BCUT2D eigenvalue weighted by Crippen LogP contribution is -2.24. The first kappa shape index (κ1) is 25.2. The van der Waals surface area contributed by atoms with Crippen LogP contribution in [0.5, 0.6) is 11.5 Å². The summed E-state index contributed by atoms with van der Waals surface area (Å²) in [5.41, 5.74) is 2.23. The van der Waals surface area contributed by atoms with Gasteiger partial charge in [0.2, 0.25) is 0 Å². The number of aliphatic hydroxyl groups is 1. The summed E-state index contributed by atoms with van der Waals surface area (Å²) in [7, 11) is 0. The summed E-state index contributed by atoms with van der Waals surface area (Å²) in [6.45, 7) is 7.76. The zero-order chi connectivity index (χ0) is 22.5. The molecule has 0 saturated carbocycles. The quantitative estimate of drug-likeness (QED) is 0.367. The summed E-state index contributed by atoms with van der Waals surface area (Å²) in [6.07, 6.45) is 2.63. The zero-order valence-corrected chi connectivity index (χ0v) is 19.1. The molecule has 0 aliphatic carbocycles.